The van der Waals surface area contributed by atoms with Crippen LogP contribution in [0.15, 0.2) is 36.4 Å². The van der Waals surface area contributed by atoms with Gasteiger partial charge in [-0.25, -0.2) is 0 Å². The fraction of sp³-hybridized carbons (Fsp3) is 0.250. The Morgan fingerprint density at radius 1 is 0.774 bits per heavy atom. The fourth-order valence-electron chi connectivity index (χ4n) is 2.62. The van der Waals surface area contributed by atoms with Gasteiger partial charge in [0.25, 0.3) is 3.57 Å². The molecular formula is C16H6ClF9IO3S+. The van der Waals surface area contributed by atoms with Crippen molar-refractivity contribution in [3.8, 4) is 22.3 Å². The van der Waals surface area contributed by atoms with Crippen molar-refractivity contribution in [2.75, 3.05) is 0 Å². The molecule has 0 saturated carbocycles. The van der Waals surface area contributed by atoms with Gasteiger partial charge in [-0.3, -0.25) is 0 Å². The summed E-state index contributed by atoms with van der Waals surface area (Å²) < 4.78 is 144. The van der Waals surface area contributed by atoms with Gasteiger partial charge in [0.05, 0.1) is 5.02 Å². The van der Waals surface area contributed by atoms with Crippen LogP contribution in [0.1, 0.15) is 0 Å². The van der Waals surface area contributed by atoms with Crippen molar-refractivity contribution >= 4 is 21.7 Å². The first-order valence-electron chi connectivity index (χ1n) is 7.68. The largest absolute Gasteiger partial charge is 0.542 e. The van der Waals surface area contributed by atoms with Gasteiger partial charge in [0.1, 0.15) is 0 Å². The Morgan fingerprint density at radius 3 is 1.87 bits per heavy atom. The maximum absolute atomic E-state index is 13.8. The van der Waals surface area contributed by atoms with Gasteiger partial charge in [0.15, 0.2) is 0 Å². The van der Waals surface area contributed by atoms with Gasteiger partial charge < -0.3 is 0 Å². The molecule has 2 aromatic rings. The molecule has 170 valence electrons. The van der Waals surface area contributed by atoms with Crippen LogP contribution in [-0.4, -0.2) is 31.7 Å². The van der Waals surface area contributed by atoms with Crippen LogP contribution >= 0.6 is 11.6 Å². The lowest BCUT2D eigenvalue weighted by molar-refractivity contribution is -0.837. The highest BCUT2D eigenvalue weighted by atomic mass is 127. The molecule has 1 aliphatic rings. The lowest BCUT2D eigenvalue weighted by Gasteiger charge is -2.31. The molecule has 3 rings (SSSR count). The molecule has 15 heteroatoms. The molecule has 0 N–H and O–H groups in total. The smallest absolute Gasteiger partial charge is 0.191 e. The van der Waals surface area contributed by atoms with E-state index in [9.17, 15) is 47.9 Å². The van der Waals surface area contributed by atoms with Crippen molar-refractivity contribution in [1.82, 2.24) is 0 Å². The number of rotatable bonds is 6. The normalized spacial score (nSPS) is 14.6. The second-order valence-corrected chi connectivity index (χ2v) is 10.6. The van der Waals surface area contributed by atoms with Crippen LogP contribution in [0.2, 0.25) is 5.02 Å². The average molecular weight is 612 g/mol. The number of fused-ring (bicyclic) bond motifs is 4. The Kier molecular flexibility index (Phi) is 5.81. The third kappa shape index (κ3) is 3.49. The molecule has 0 fully saturated rings. The number of hydrogen-bond acceptors (Lipinski definition) is 3. The Morgan fingerprint density at radius 2 is 1.32 bits per heavy atom. The first-order chi connectivity index (χ1) is 14.0. The van der Waals surface area contributed by atoms with Crippen molar-refractivity contribution in [2.24, 2.45) is 0 Å². The predicted molar refractivity (Wildman–Crippen MR) is 85.5 cm³/mol. The molecule has 31 heavy (non-hydrogen) atoms. The first kappa shape index (κ1) is 24.4. The zero-order chi connectivity index (χ0) is 23.6. The van der Waals surface area contributed by atoms with Gasteiger partial charge in [-0.05, 0) is 25.3 Å². The molecule has 0 saturated heterocycles. The van der Waals surface area contributed by atoms with Crippen molar-refractivity contribution < 1.29 is 72.1 Å². The molecule has 0 spiro atoms. The van der Waals surface area contributed by atoms with E-state index in [-0.39, 0.29) is 14.2 Å². The molecule has 1 aliphatic carbocycles. The van der Waals surface area contributed by atoms with E-state index in [1.807, 2.05) is 0 Å². The maximum atomic E-state index is 13.8. The van der Waals surface area contributed by atoms with Crippen molar-refractivity contribution in [3.63, 3.8) is 0 Å². The van der Waals surface area contributed by atoms with Crippen LogP contribution in [0.3, 0.4) is 0 Å². The Hall–Kier alpha value is -1.26. The number of benzene rings is 2. The summed E-state index contributed by atoms with van der Waals surface area (Å²) in [5.41, 5.74) is 1.98. The quantitative estimate of drug-likeness (QED) is 0.318. The SMILES string of the molecule is O=S(=O)(O[I+]c1c(Cl)ccc2c1-c1ccccc1-2)C(F)(F)C(F)(F)C(F)(F)C(F)(F)F. The molecule has 2 aromatic carbocycles. The summed E-state index contributed by atoms with van der Waals surface area (Å²) in [6.07, 6.45) is -7.15. The van der Waals surface area contributed by atoms with Crippen molar-refractivity contribution in [2.45, 2.75) is 23.3 Å². The van der Waals surface area contributed by atoms with Crippen LogP contribution in [0, 0.1) is 3.57 Å². The van der Waals surface area contributed by atoms with E-state index in [1.54, 1.807) is 24.3 Å². The highest BCUT2D eigenvalue weighted by molar-refractivity contribution is 7.87. The number of halogens is 11. The standard InChI is InChI=1S/C16H6ClF9IO3S/c17-10-6-5-9-7-3-1-2-4-8(7)11(9)12(10)27-30-31(28,29)16(25,26)14(20,21)13(18,19)15(22,23)24/h1-6H/q+1. The van der Waals surface area contributed by atoms with E-state index in [1.165, 1.54) is 12.1 Å². The van der Waals surface area contributed by atoms with Crippen LogP contribution in [0.25, 0.3) is 22.3 Å². The molecule has 0 aromatic heterocycles. The summed E-state index contributed by atoms with van der Waals surface area (Å²) in [6, 6.07) is 9.22. The predicted octanol–water partition coefficient (Wildman–Crippen LogP) is 2.93. The van der Waals surface area contributed by atoms with Crippen LogP contribution in [-0.2, 0) is 12.6 Å². The van der Waals surface area contributed by atoms with E-state index in [0.717, 1.165) is 0 Å². The highest BCUT2D eigenvalue weighted by Crippen LogP contribution is 2.54. The summed E-state index contributed by atoms with van der Waals surface area (Å²) in [4.78, 5) is 0. The Labute approximate surface area is 184 Å². The fourth-order valence-corrected chi connectivity index (χ4v) is 6.76. The second-order valence-electron chi connectivity index (χ2n) is 6.09. The molecular weight excluding hydrogens is 606 g/mol. The van der Waals surface area contributed by atoms with Crippen LogP contribution in [0.4, 0.5) is 39.5 Å². The lowest BCUT2D eigenvalue weighted by atomic mass is 9.81. The second kappa shape index (κ2) is 7.38. The zero-order valence-electron chi connectivity index (χ0n) is 14.3. The lowest BCUT2D eigenvalue weighted by Crippen LogP contribution is -3.62. The molecule has 0 aliphatic heterocycles. The van der Waals surface area contributed by atoms with Gasteiger partial charge in [-0.1, -0.05) is 41.9 Å². The van der Waals surface area contributed by atoms with E-state index in [0.29, 0.717) is 16.7 Å². The molecule has 0 atom stereocenters. The van der Waals surface area contributed by atoms with E-state index in [2.05, 4.69) is 2.51 Å². The van der Waals surface area contributed by atoms with Crippen LogP contribution in [0.5, 0.6) is 0 Å². The topological polar surface area (TPSA) is 43.4 Å². The Balaban J connectivity index is 1.94. The molecule has 0 radical (unpaired) electrons. The Bertz CT molecular complexity index is 1150. The number of hydrogen-bond donors (Lipinski definition) is 0. The molecule has 0 unspecified atom stereocenters. The van der Waals surface area contributed by atoms with E-state index >= 15 is 0 Å². The van der Waals surface area contributed by atoms with Crippen molar-refractivity contribution in [1.29, 1.82) is 0 Å². The minimum Gasteiger partial charge on any atom is -0.191 e. The molecule has 0 heterocycles. The van der Waals surface area contributed by atoms with Gasteiger partial charge in [0, 0.05) is 5.56 Å². The minimum absolute atomic E-state index is 0.151. The summed E-state index contributed by atoms with van der Waals surface area (Å²) in [5, 5.41) is -7.09. The van der Waals surface area contributed by atoms with Gasteiger partial charge >= 0.3 is 55.0 Å². The third-order valence-corrected chi connectivity index (χ3v) is 9.47. The summed E-state index contributed by atoms with van der Waals surface area (Å²) in [5.74, 6) is -14.7. The van der Waals surface area contributed by atoms with Gasteiger partial charge in [-0.15, -0.1) is 0 Å². The van der Waals surface area contributed by atoms with Gasteiger partial charge in [-0.2, -0.15) is 47.9 Å². The number of alkyl halides is 9. The molecule has 3 nitrogen and oxygen atoms in total. The van der Waals surface area contributed by atoms with E-state index in [4.69, 9.17) is 11.6 Å². The monoisotopic (exact) mass is 611 g/mol. The molecule has 0 amide bonds. The average Bonchev–Trinajstić information content (AvgIpc) is 2.63. The summed E-state index contributed by atoms with van der Waals surface area (Å²) >= 11 is 3.28. The summed E-state index contributed by atoms with van der Waals surface area (Å²) in [7, 11) is -6.93. The highest BCUT2D eigenvalue weighted by Gasteiger charge is 2.86. The maximum Gasteiger partial charge on any atom is 0.542 e. The first-order valence-corrected chi connectivity index (χ1v) is 11.4. The van der Waals surface area contributed by atoms with Crippen molar-refractivity contribution in [3.05, 3.63) is 45.0 Å². The zero-order valence-corrected chi connectivity index (χ0v) is 18.0. The van der Waals surface area contributed by atoms with Crippen LogP contribution < -0.4 is 21.6 Å². The third-order valence-electron chi connectivity index (χ3n) is 4.20. The van der Waals surface area contributed by atoms with E-state index < -0.39 is 55.0 Å². The molecule has 0 bridgehead atoms. The summed E-state index contributed by atoms with van der Waals surface area (Å²) in [6.45, 7) is 0. The minimum atomic E-state index is -7.36. The van der Waals surface area contributed by atoms with Gasteiger partial charge in [0.2, 0.25) is 0 Å².